The standard InChI is InChI=1S/C19H13ClF3NOS/c20-16-9-8-13(10-15(16)19(21,22)23)26-11-18(25)24-17-7-3-5-12-4-1-2-6-14(12)17/h1-10H,11H2,(H,24,25). The normalized spacial score (nSPS) is 11.5. The molecule has 0 spiro atoms. The lowest BCUT2D eigenvalue weighted by Gasteiger charge is -2.11. The van der Waals surface area contributed by atoms with Crippen LogP contribution in [0.25, 0.3) is 10.8 Å². The fraction of sp³-hybridized carbons (Fsp3) is 0.105. The molecule has 0 fully saturated rings. The van der Waals surface area contributed by atoms with Gasteiger partial charge in [0.05, 0.1) is 16.3 Å². The SMILES string of the molecule is O=C(CSc1ccc(Cl)c(C(F)(F)F)c1)Nc1cccc2ccccc12. The third-order valence-electron chi connectivity index (χ3n) is 3.68. The van der Waals surface area contributed by atoms with Crippen LogP contribution in [0.2, 0.25) is 5.02 Å². The number of carbonyl (C=O) groups excluding carboxylic acids is 1. The Kier molecular flexibility index (Phi) is 5.44. The molecule has 1 amide bonds. The summed E-state index contributed by atoms with van der Waals surface area (Å²) < 4.78 is 38.7. The summed E-state index contributed by atoms with van der Waals surface area (Å²) >= 11 is 6.62. The van der Waals surface area contributed by atoms with Crippen molar-refractivity contribution in [2.75, 3.05) is 11.1 Å². The molecule has 26 heavy (non-hydrogen) atoms. The van der Waals surface area contributed by atoms with Crippen molar-refractivity contribution in [2.24, 2.45) is 0 Å². The first-order valence-corrected chi connectivity index (χ1v) is 8.98. The second kappa shape index (κ2) is 7.60. The zero-order valence-electron chi connectivity index (χ0n) is 13.3. The lowest BCUT2D eigenvalue weighted by Crippen LogP contribution is -2.14. The Morgan fingerprint density at radius 2 is 1.77 bits per heavy atom. The van der Waals surface area contributed by atoms with Crippen molar-refractivity contribution in [1.82, 2.24) is 0 Å². The number of rotatable bonds is 4. The highest BCUT2D eigenvalue weighted by Gasteiger charge is 2.33. The maximum Gasteiger partial charge on any atom is 0.417 e. The molecule has 0 aromatic heterocycles. The fourth-order valence-electron chi connectivity index (χ4n) is 2.48. The molecule has 3 aromatic rings. The Balaban J connectivity index is 1.70. The number of hydrogen-bond acceptors (Lipinski definition) is 2. The Bertz CT molecular complexity index is 954. The lowest BCUT2D eigenvalue weighted by molar-refractivity contribution is -0.137. The molecule has 0 atom stereocenters. The number of carbonyl (C=O) groups is 1. The van der Waals surface area contributed by atoms with Crippen LogP contribution in [0, 0.1) is 0 Å². The van der Waals surface area contributed by atoms with Gasteiger partial charge in [-0.1, -0.05) is 48.0 Å². The van der Waals surface area contributed by atoms with Crippen molar-refractivity contribution in [1.29, 1.82) is 0 Å². The summed E-state index contributed by atoms with van der Waals surface area (Å²) in [5.74, 6) is -0.308. The molecular formula is C19H13ClF3NOS. The summed E-state index contributed by atoms with van der Waals surface area (Å²) in [6.45, 7) is 0. The highest BCUT2D eigenvalue weighted by molar-refractivity contribution is 8.00. The first-order valence-electron chi connectivity index (χ1n) is 7.62. The summed E-state index contributed by atoms with van der Waals surface area (Å²) in [7, 11) is 0. The number of fused-ring (bicyclic) bond motifs is 1. The molecule has 2 nitrogen and oxygen atoms in total. The molecule has 0 saturated heterocycles. The van der Waals surface area contributed by atoms with Gasteiger partial charge in [0, 0.05) is 16.0 Å². The topological polar surface area (TPSA) is 29.1 Å². The number of anilines is 1. The Labute approximate surface area is 157 Å². The van der Waals surface area contributed by atoms with Gasteiger partial charge in [-0.25, -0.2) is 0 Å². The number of halogens is 4. The number of thioether (sulfide) groups is 1. The number of hydrogen-bond donors (Lipinski definition) is 1. The van der Waals surface area contributed by atoms with Gasteiger partial charge >= 0.3 is 6.18 Å². The summed E-state index contributed by atoms with van der Waals surface area (Å²) in [6, 6.07) is 16.8. The molecule has 0 unspecified atom stereocenters. The van der Waals surface area contributed by atoms with Crippen molar-refractivity contribution < 1.29 is 18.0 Å². The van der Waals surface area contributed by atoms with Crippen LogP contribution in [0.5, 0.6) is 0 Å². The number of nitrogens with one attached hydrogen (secondary N) is 1. The van der Waals surface area contributed by atoms with E-state index in [0.717, 1.165) is 28.6 Å². The first-order chi connectivity index (χ1) is 12.3. The van der Waals surface area contributed by atoms with Gasteiger partial charge in [0.2, 0.25) is 5.91 Å². The largest absolute Gasteiger partial charge is 0.417 e. The number of amides is 1. The Morgan fingerprint density at radius 1 is 1.04 bits per heavy atom. The zero-order chi connectivity index (χ0) is 18.7. The van der Waals surface area contributed by atoms with Gasteiger partial charge in [-0.05, 0) is 29.7 Å². The van der Waals surface area contributed by atoms with Crippen molar-refractivity contribution in [3.05, 3.63) is 71.2 Å². The maximum atomic E-state index is 12.9. The molecule has 0 aliphatic rings. The van der Waals surface area contributed by atoms with Crippen molar-refractivity contribution >= 4 is 45.7 Å². The van der Waals surface area contributed by atoms with E-state index < -0.39 is 11.7 Å². The van der Waals surface area contributed by atoms with Crippen LogP contribution in [0.4, 0.5) is 18.9 Å². The van der Waals surface area contributed by atoms with E-state index in [0.29, 0.717) is 10.6 Å². The molecule has 0 radical (unpaired) electrons. The van der Waals surface area contributed by atoms with Crippen molar-refractivity contribution in [2.45, 2.75) is 11.1 Å². The number of alkyl halides is 3. The molecule has 0 saturated carbocycles. The van der Waals surface area contributed by atoms with Gasteiger partial charge in [0.1, 0.15) is 0 Å². The molecule has 3 rings (SSSR count). The minimum Gasteiger partial charge on any atom is -0.325 e. The highest BCUT2D eigenvalue weighted by atomic mass is 35.5. The molecule has 3 aromatic carbocycles. The van der Waals surface area contributed by atoms with Crippen LogP contribution < -0.4 is 5.32 Å². The van der Waals surface area contributed by atoms with E-state index >= 15 is 0 Å². The van der Waals surface area contributed by atoms with Gasteiger partial charge in [0.15, 0.2) is 0 Å². The average Bonchev–Trinajstić information content (AvgIpc) is 2.60. The van der Waals surface area contributed by atoms with Gasteiger partial charge < -0.3 is 5.32 Å². The number of benzene rings is 3. The van der Waals surface area contributed by atoms with Crippen molar-refractivity contribution in [3.63, 3.8) is 0 Å². The molecule has 7 heteroatoms. The van der Waals surface area contributed by atoms with Crippen LogP contribution in [0.15, 0.2) is 65.6 Å². The summed E-state index contributed by atoms with van der Waals surface area (Å²) in [5.41, 5.74) is -0.237. The van der Waals surface area contributed by atoms with E-state index in [2.05, 4.69) is 5.32 Å². The van der Waals surface area contributed by atoms with Crippen LogP contribution in [-0.4, -0.2) is 11.7 Å². The summed E-state index contributed by atoms with van der Waals surface area (Å²) in [5, 5.41) is 4.34. The molecule has 0 heterocycles. The second-order valence-corrected chi connectivity index (χ2v) is 6.96. The third-order valence-corrected chi connectivity index (χ3v) is 5.00. The maximum absolute atomic E-state index is 12.9. The smallest absolute Gasteiger partial charge is 0.325 e. The monoisotopic (exact) mass is 395 g/mol. The van der Waals surface area contributed by atoms with E-state index in [1.54, 1.807) is 6.07 Å². The quantitative estimate of drug-likeness (QED) is 0.529. The molecule has 0 aliphatic heterocycles. The highest BCUT2D eigenvalue weighted by Crippen LogP contribution is 2.37. The van der Waals surface area contributed by atoms with E-state index in [1.165, 1.54) is 12.1 Å². The van der Waals surface area contributed by atoms with Gasteiger partial charge in [-0.15, -0.1) is 11.8 Å². The fourth-order valence-corrected chi connectivity index (χ4v) is 3.44. The molecule has 0 bridgehead atoms. The molecule has 1 N–H and O–H groups in total. The lowest BCUT2D eigenvalue weighted by atomic mass is 10.1. The summed E-state index contributed by atoms with van der Waals surface area (Å²) in [6.07, 6.45) is -4.53. The molecular weight excluding hydrogens is 383 g/mol. The summed E-state index contributed by atoms with van der Waals surface area (Å²) in [4.78, 5) is 12.5. The zero-order valence-corrected chi connectivity index (χ0v) is 14.9. The molecule has 134 valence electrons. The van der Waals surface area contributed by atoms with Gasteiger partial charge in [0.25, 0.3) is 0 Å². The van der Waals surface area contributed by atoms with E-state index in [9.17, 15) is 18.0 Å². The van der Waals surface area contributed by atoms with Crippen LogP contribution in [0.1, 0.15) is 5.56 Å². The predicted molar refractivity (Wildman–Crippen MR) is 99.8 cm³/mol. The minimum atomic E-state index is -4.53. The Morgan fingerprint density at radius 3 is 2.54 bits per heavy atom. The van der Waals surface area contributed by atoms with E-state index in [-0.39, 0.29) is 16.7 Å². The van der Waals surface area contributed by atoms with E-state index in [4.69, 9.17) is 11.6 Å². The minimum absolute atomic E-state index is 0.0118. The van der Waals surface area contributed by atoms with Crippen molar-refractivity contribution in [3.8, 4) is 0 Å². The molecule has 0 aliphatic carbocycles. The average molecular weight is 396 g/mol. The Hall–Kier alpha value is -2.18. The van der Waals surface area contributed by atoms with Gasteiger partial charge in [-0.2, -0.15) is 13.2 Å². The third kappa shape index (κ3) is 4.31. The second-order valence-electron chi connectivity index (χ2n) is 5.50. The van der Waals surface area contributed by atoms with Crippen LogP contribution in [-0.2, 0) is 11.0 Å². The van der Waals surface area contributed by atoms with E-state index in [1.807, 2.05) is 36.4 Å². The first kappa shape index (κ1) is 18.6. The van der Waals surface area contributed by atoms with Crippen LogP contribution >= 0.6 is 23.4 Å². The van der Waals surface area contributed by atoms with Crippen LogP contribution in [0.3, 0.4) is 0 Å². The van der Waals surface area contributed by atoms with Gasteiger partial charge in [-0.3, -0.25) is 4.79 Å². The predicted octanol–water partition coefficient (Wildman–Crippen LogP) is 6.24.